The summed E-state index contributed by atoms with van der Waals surface area (Å²) in [7, 11) is -4.14. The number of anilines is 1. The Hall–Kier alpha value is -3.41. The van der Waals surface area contributed by atoms with Gasteiger partial charge in [0.2, 0.25) is 11.8 Å². The molecule has 0 saturated carbocycles. The number of hydrogen-bond donors (Lipinski definition) is 1. The van der Waals surface area contributed by atoms with Crippen molar-refractivity contribution in [3.05, 3.63) is 129 Å². The first-order valence-corrected chi connectivity index (χ1v) is 17.3. The SMILES string of the molecule is CCCCNC(=O)[C@H](Cc1ccccc1)N(Cc1ccccc1Cl)C(=O)CN(c1ccc(I)cc1)S(=O)(=O)c1ccccc1. The van der Waals surface area contributed by atoms with E-state index < -0.39 is 28.5 Å². The Labute approximate surface area is 278 Å². The van der Waals surface area contributed by atoms with Crippen LogP contribution in [0.4, 0.5) is 5.69 Å². The largest absolute Gasteiger partial charge is 0.354 e. The molecule has 0 heterocycles. The molecule has 0 radical (unpaired) electrons. The maximum atomic E-state index is 14.4. The predicted molar refractivity (Wildman–Crippen MR) is 184 cm³/mol. The third kappa shape index (κ3) is 8.83. The van der Waals surface area contributed by atoms with Gasteiger partial charge in [0.05, 0.1) is 10.6 Å². The number of amides is 2. The van der Waals surface area contributed by atoms with Crippen LogP contribution < -0.4 is 9.62 Å². The second-order valence-electron chi connectivity index (χ2n) is 10.3. The van der Waals surface area contributed by atoms with Gasteiger partial charge < -0.3 is 10.2 Å². The molecule has 1 N–H and O–H groups in total. The maximum Gasteiger partial charge on any atom is 0.264 e. The molecule has 2 amide bonds. The van der Waals surface area contributed by atoms with Crippen molar-refractivity contribution in [3.8, 4) is 0 Å². The lowest BCUT2D eigenvalue weighted by atomic mass is 10.0. The van der Waals surface area contributed by atoms with Gasteiger partial charge in [0.15, 0.2) is 0 Å². The van der Waals surface area contributed by atoms with Crippen molar-refractivity contribution in [2.45, 2.75) is 43.7 Å². The van der Waals surface area contributed by atoms with Crippen molar-refractivity contribution in [2.75, 3.05) is 17.4 Å². The first-order valence-electron chi connectivity index (χ1n) is 14.4. The summed E-state index contributed by atoms with van der Waals surface area (Å²) in [5.41, 5.74) is 1.85. The molecule has 0 fully saturated rings. The number of carbonyl (C=O) groups is 2. The molecule has 1 atom stereocenters. The van der Waals surface area contributed by atoms with Crippen LogP contribution in [0.15, 0.2) is 114 Å². The Morgan fingerprint density at radius 1 is 0.864 bits per heavy atom. The molecular weight excluding hydrogens is 709 g/mol. The number of sulfonamides is 1. The zero-order chi connectivity index (χ0) is 31.5. The smallest absolute Gasteiger partial charge is 0.264 e. The number of benzene rings is 4. The Kier molecular flexibility index (Phi) is 12.2. The standard InChI is InChI=1S/C34H35ClIN3O4S/c1-2-3-22-37-34(41)32(23-26-12-6-4-7-13-26)38(24-27-14-10-11-17-31(27)35)33(40)25-39(29-20-18-28(36)19-21-29)44(42,43)30-15-8-5-9-16-30/h4-21,32H,2-3,22-25H2,1H3,(H,37,41)/t32-/m0/s1. The Morgan fingerprint density at radius 3 is 2.11 bits per heavy atom. The zero-order valence-electron chi connectivity index (χ0n) is 24.4. The number of halogens is 2. The zero-order valence-corrected chi connectivity index (χ0v) is 28.1. The van der Waals surface area contributed by atoms with Gasteiger partial charge in [-0.15, -0.1) is 0 Å². The van der Waals surface area contributed by atoms with Crippen LogP contribution in [0.2, 0.25) is 5.02 Å². The van der Waals surface area contributed by atoms with E-state index in [0.717, 1.165) is 26.3 Å². The van der Waals surface area contributed by atoms with Gasteiger partial charge in [-0.1, -0.05) is 91.7 Å². The average Bonchev–Trinajstić information content (AvgIpc) is 3.03. The van der Waals surface area contributed by atoms with E-state index in [1.165, 1.54) is 17.0 Å². The van der Waals surface area contributed by atoms with E-state index in [-0.39, 0.29) is 23.8 Å². The van der Waals surface area contributed by atoms with Crippen molar-refractivity contribution in [1.29, 1.82) is 0 Å². The van der Waals surface area contributed by atoms with Gasteiger partial charge in [-0.3, -0.25) is 13.9 Å². The van der Waals surface area contributed by atoms with Gasteiger partial charge in [-0.05, 0) is 82.6 Å². The molecule has 7 nitrogen and oxygen atoms in total. The second kappa shape index (κ2) is 16.1. The fraction of sp³-hybridized carbons (Fsp3) is 0.235. The molecule has 0 aliphatic heterocycles. The van der Waals surface area contributed by atoms with Gasteiger partial charge in [-0.25, -0.2) is 8.42 Å². The van der Waals surface area contributed by atoms with Crippen molar-refractivity contribution in [2.24, 2.45) is 0 Å². The summed E-state index contributed by atoms with van der Waals surface area (Å²) in [6, 6.07) is 30.6. The van der Waals surface area contributed by atoms with Crippen molar-refractivity contribution < 1.29 is 18.0 Å². The number of carbonyl (C=O) groups excluding carboxylic acids is 2. The number of unbranched alkanes of at least 4 members (excludes halogenated alkanes) is 1. The van der Waals surface area contributed by atoms with Crippen LogP contribution in [0, 0.1) is 3.57 Å². The molecule has 0 aromatic heterocycles. The number of rotatable bonds is 14. The van der Waals surface area contributed by atoms with Crippen LogP contribution in [0.3, 0.4) is 0 Å². The minimum absolute atomic E-state index is 0.0170. The molecule has 4 rings (SSSR count). The highest BCUT2D eigenvalue weighted by atomic mass is 127. The topological polar surface area (TPSA) is 86.8 Å². The van der Waals surface area contributed by atoms with E-state index in [9.17, 15) is 18.0 Å². The normalized spacial score (nSPS) is 11.9. The van der Waals surface area contributed by atoms with E-state index in [1.54, 1.807) is 60.7 Å². The van der Waals surface area contributed by atoms with Crippen LogP contribution in [-0.2, 0) is 32.6 Å². The first kappa shape index (κ1) is 33.5. The lowest BCUT2D eigenvalue weighted by Crippen LogP contribution is -2.53. The molecule has 0 aliphatic rings. The highest BCUT2D eigenvalue weighted by molar-refractivity contribution is 14.1. The summed E-state index contributed by atoms with van der Waals surface area (Å²) in [5.74, 6) is -0.844. The number of nitrogens with zero attached hydrogens (tertiary/aromatic N) is 2. The molecule has 44 heavy (non-hydrogen) atoms. The first-order chi connectivity index (χ1) is 21.2. The van der Waals surface area contributed by atoms with Gasteiger partial charge in [-0.2, -0.15) is 0 Å². The molecule has 0 spiro atoms. The molecule has 0 bridgehead atoms. The number of nitrogens with one attached hydrogen (secondary N) is 1. The van der Waals surface area contributed by atoms with Crippen LogP contribution in [0.25, 0.3) is 0 Å². The third-order valence-corrected chi connectivity index (χ3v) is 10.00. The van der Waals surface area contributed by atoms with Crippen molar-refractivity contribution in [3.63, 3.8) is 0 Å². The lowest BCUT2D eigenvalue weighted by molar-refractivity contribution is -0.140. The van der Waals surface area contributed by atoms with E-state index in [2.05, 4.69) is 27.9 Å². The summed E-state index contributed by atoms with van der Waals surface area (Å²) in [5, 5.41) is 3.43. The van der Waals surface area contributed by atoms with Gasteiger partial charge >= 0.3 is 0 Å². The average molecular weight is 744 g/mol. The minimum atomic E-state index is -4.14. The van der Waals surface area contributed by atoms with Gasteiger partial charge in [0.25, 0.3) is 10.0 Å². The Morgan fingerprint density at radius 2 is 1.48 bits per heavy atom. The maximum absolute atomic E-state index is 14.4. The summed E-state index contributed by atoms with van der Waals surface area (Å²) in [6.07, 6.45) is 1.93. The number of hydrogen-bond acceptors (Lipinski definition) is 4. The van der Waals surface area contributed by atoms with E-state index in [4.69, 9.17) is 11.6 Å². The Bertz CT molecular complexity index is 1640. The van der Waals surface area contributed by atoms with E-state index in [0.29, 0.717) is 22.8 Å². The summed E-state index contributed by atoms with van der Waals surface area (Å²) < 4.78 is 30.0. The van der Waals surface area contributed by atoms with E-state index >= 15 is 0 Å². The highest BCUT2D eigenvalue weighted by Gasteiger charge is 2.34. The van der Waals surface area contributed by atoms with Crippen LogP contribution in [0.5, 0.6) is 0 Å². The molecule has 0 saturated heterocycles. The molecule has 10 heteroatoms. The molecule has 230 valence electrons. The molecule has 4 aromatic carbocycles. The van der Waals surface area contributed by atoms with Gasteiger partial charge in [0.1, 0.15) is 12.6 Å². The summed E-state index contributed by atoms with van der Waals surface area (Å²) >= 11 is 8.69. The lowest BCUT2D eigenvalue weighted by Gasteiger charge is -2.34. The van der Waals surface area contributed by atoms with E-state index in [1.807, 2.05) is 43.3 Å². The van der Waals surface area contributed by atoms with Gasteiger partial charge in [0, 0.05) is 28.1 Å². The second-order valence-corrected chi connectivity index (χ2v) is 13.8. The summed E-state index contributed by atoms with van der Waals surface area (Å²) in [4.78, 5) is 29.7. The Balaban J connectivity index is 1.78. The fourth-order valence-corrected chi connectivity index (χ4v) is 6.72. The molecular formula is C34H35ClIN3O4S. The van der Waals surface area contributed by atoms with Crippen LogP contribution in [-0.4, -0.2) is 44.3 Å². The van der Waals surface area contributed by atoms with Crippen LogP contribution in [0.1, 0.15) is 30.9 Å². The highest BCUT2D eigenvalue weighted by Crippen LogP contribution is 2.26. The monoisotopic (exact) mass is 743 g/mol. The third-order valence-electron chi connectivity index (χ3n) is 7.12. The fourth-order valence-electron chi connectivity index (χ4n) is 4.73. The molecule has 4 aromatic rings. The van der Waals surface area contributed by atoms with Crippen LogP contribution >= 0.6 is 34.2 Å². The van der Waals surface area contributed by atoms with Crippen molar-refractivity contribution in [1.82, 2.24) is 10.2 Å². The molecule has 0 aliphatic carbocycles. The quantitative estimate of drug-likeness (QED) is 0.115. The predicted octanol–water partition coefficient (Wildman–Crippen LogP) is 6.70. The minimum Gasteiger partial charge on any atom is -0.354 e. The molecule has 0 unspecified atom stereocenters. The van der Waals surface area contributed by atoms with Crippen molar-refractivity contribution >= 4 is 61.7 Å². The summed E-state index contributed by atoms with van der Waals surface area (Å²) in [6.45, 7) is 2.00.